The molecule has 0 saturated heterocycles. The predicted octanol–water partition coefficient (Wildman–Crippen LogP) is 3.58. The molecule has 0 aliphatic carbocycles. The maximum Gasteiger partial charge on any atom is 0.235 e. The lowest BCUT2D eigenvalue weighted by Crippen LogP contribution is -2.99. The maximum atomic E-state index is 12.8. The number of quaternary nitrogens is 1. The second-order valence-electron chi connectivity index (χ2n) is 6.63. The lowest BCUT2D eigenvalue weighted by molar-refractivity contribution is -0.991. The van der Waals surface area contributed by atoms with E-state index >= 15 is 0 Å². The fourth-order valence-corrected chi connectivity index (χ4v) is 2.98. The molecule has 8 nitrogen and oxygen atoms in total. The summed E-state index contributed by atoms with van der Waals surface area (Å²) in [5.74, 6) is 1.47. The van der Waals surface area contributed by atoms with E-state index in [0.29, 0.717) is 28.2 Å². The summed E-state index contributed by atoms with van der Waals surface area (Å²) >= 11 is 0. The summed E-state index contributed by atoms with van der Waals surface area (Å²) in [6.45, 7) is 0.241. The molecule has 1 atom stereocenters. The molecular weight excluding hydrogens is 402 g/mol. The number of ether oxygens (including phenoxy) is 3. The van der Waals surface area contributed by atoms with Gasteiger partial charge in [0.2, 0.25) is 11.2 Å². The fourth-order valence-electron chi connectivity index (χ4n) is 2.98. The summed E-state index contributed by atoms with van der Waals surface area (Å²) in [6, 6.07) is 18.3. The van der Waals surface area contributed by atoms with Crippen molar-refractivity contribution in [1.82, 2.24) is 0 Å². The molecule has 0 spiro atoms. The van der Waals surface area contributed by atoms with Crippen LogP contribution in [0.25, 0.3) is 11.0 Å². The van der Waals surface area contributed by atoms with Crippen LogP contribution >= 0.6 is 0 Å². The van der Waals surface area contributed by atoms with E-state index in [0.717, 1.165) is 5.56 Å². The zero-order valence-electron chi connectivity index (χ0n) is 16.5. The van der Waals surface area contributed by atoms with Crippen LogP contribution in [0.3, 0.4) is 0 Å². The quantitative estimate of drug-likeness (QED) is 0.440. The van der Waals surface area contributed by atoms with Gasteiger partial charge in [-0.05, 0) is 42.0 Å². The SMILES string of the molecule is COc1ccccc1Oc1coc2cc(OCc3ccc([NH+]([O-])O)cc3)ccc2c1=O. The van der Waals surface area contributed by atoms with Gasteiger partial charge in [0.1, 0.15) is 24.2 Å². The number of hydrogen-bond acceptors (Lipinski definition) is 7. The van der Waals surface area contributed by atoms with Crippen LogP contribution in [0.15, 0.2) is 82.2 Å². The second kappa shape index (κ2) is 8.88. The molecule has 4 aromatic rings. The summed E-state index contributed by atoms with van der Waals surface area (Å²) in [7, 11) is 1.52. The van der Waals surface area contributed by atoms with Crippen LogP contribution in [0, 0.1) is 5.21 Å². The summed E-state index contributed by atoms with van der Waals surface area (Å²) in [5.41, 5.74) is 1.06. The lowest BCUT2D eigenvalue weighted by Gasteiger charge is -2.12. The molecule has 1 unspecified atom stereocenters. The van der Waals surface area contributed by atoms with Crippen molar-refractivity contribution in [3.63, 3.8) is 0 Å². The zero-order valence-corrected chi connectivity index (χ0v) is 16.5. The average Bonchev–Trinajstić information content (AvgIpc) is 2.80. The highest BCUT2D eigenvalue weighted by Crippen LogP contribution is 2.30. The largest absolute Gasteiger partial charge is 0.595 e. The van der Waals surface area contributed by atoms with Crippen LogP contribution in [0.2, 0.25) is 0 Å². The Hall–Kier alpha value is -3.85. The third kappa shape index (κ3) is 4.51. The van der Waals surface area contributed by atoms with E-state index in [2.05, 4.69) is 0 Å². The third-order valence-corrected chi connectivity index (χ3v) is 4.61. The van der Waals surface area contributed by atoms with Crippen molar-refractivity contribution < 1.29 is 29.1 Å². The normalized spacial score (nSPS) is 11.8. The second-order valence-corrected chi connectivity index (χ2v) is 6.63. The van der Waals surface area contributed by atoms with Crippen LogP contribution in [0.5, 0.6) is 23.0 Å². The first-order valence-corrected chi connectivity index (χ1v) is 9.36. The Labute approximate surface area is 177 Å². The summed E-state index contributed by atoms with van der Waals surface area (Å²) in [6.07, 6.45) is 1.26. The molecular formula is C23H19NO7. The number of nitrogens with one attached hydrogen (secondary N) is 1. The number of para-hydroxylation sites is 2. The van der Waals surface area contributed by atoms with E-state index < -0.39 is 5.23 Å². The van der Waals surface area contributed by atoms with Crippen molar-refractivity contribution in [2.75, 3.05) is 7.11 Å². The van der Waals surface area contributed by atoms with Gasteiger partial charge in [-0.1, -0.05) is 12.1 Å². The van der Waals surface area contributed by atoms with Crippen LogP contribution in [-0.2, 0) is 6.61 Å². The maximum absolute atomic E-state index is 12.8. The molecule has 0 amide bonds. The topological polar surface area (TPSA) is 106 Å². The van der Waals surface area contributed by atoms with E-state index in [9.17, 15) is 10.0 Å². The van der Waals surface area contributed by atoms with Crippen molar-refractivity contribution in [2.45, 2.75) is 6.61 Å². The van der Waals surface area contributed by atoms with Gasteiger partial charge in [0.25, 0.3) is 0 Å². The summed E-state index contributed by atoms with van der Waals surface area (Å²) < 4.78 is 22.3. The van der Waals surface area contributed by atoms with Crippen molar-refractivity contribution in [1.29, 1.82) is 0 Å². The van der Waals surface area contributed by atoms with Crippen LogP contribution < -0.4 is 24.9 Å². The highest BCUT2D eigenvalue weighted by atomic mass is 16.8. The number of benzene rings is 3. The number of rotatable bonds is 7. The Morgan fingerprint density at radius 3 is 2.45 bits per heavy atom. The van der Waals surface area contributed by atoms with Gasteiger partial charge >= 0.3 is 0 Å². The lowest BCUT2D eigenvalue weighted by atomic mass is 10.2. The number of fused-ring (bicyclic) bond motifs is 1. The first-order chi connectivity index (χ1) is 15.0. The van der Waals surface area contributed by atoms with Gasteiger partial charge < -0.3 is 23.8 Å². The molecule has 0 fully saturated rings. The summed E-state index contributed by atoms with van der Waals surface area (Å²) in [5, 5.41) is 19.2. The fraction of sp³-hybridized carbons (Fsp3) is 0.0870. The molecule has 4 rings (SSSR count). The molecule has 0 saturated carbocycles. The Morgan fingerprint density at radius 1 is 1.00 bits per heavy atom. The van der Waals surface area contributed by atoms with E-state index in [1.165, 1.54) is 25.5 Å². The van der Waals surface area contributed by atoms with Crippen molar-refractivity contribution in [3.05, 3.63) is 94.0 Å². The third-order valence-electron chi connectivity index (χ3n) is 4.61. The minimum absolute atomic E-state index is 0.0455. The van der Waals surface area contributed by atoms with Crippen LogP contribution in [0.4, 0.5) is 5.69 Å². The van der Waals surface area contributed by atoms with E-state index in [1.54, 1.807) is 54.6 Å². The first kappa shape index (κ1) is 20.4. The predicted molar refractivity (Wildman–Crippen MR) is 112 cm³/mol. The molecule has 0 aliphatic heterocycles. The van der Waals surface area contributed by atoms with Crippen molar-refractivity contribution >= 4 is 16.7 Å². The Morgan fingerprint density at radius 2 is 1.74 bits per heavy atom. The van der Waals surface area contributed by atoms with Crippen molar-refractivity contribution in [2.24, 2.45) is 0 Å². The van der Waals surface area contributed by atoms with Gasteiger partial charge in [0.05, 0.1) is 12.5 Å². The Kier molecular flexibility index (Phi) is 5.85. The molecule has 0 radical (unpaired) electrons. The molecule has 1 heterocycles. The molecule has 0 bridgehead atoms. The Bertz CT molecular complexity index is 1250. The molecule has 3 aromatic carbocycles. The van der Waals surface area contributed by atoms with E-state index in [4.69, 9.17) is 23.8 Å². The van der Waals surface area contributed by atoms with Crippen LogP contribution in [-0.4, -0.2) is 12.3 Å². The molecule has 8 heteroatoms. The van der Waals surface area contributed by atoms with Gasteiger partial charge in [-0.25, -0.2) is 5.21 Å². The van der Waals surface area contributed by atoms with Gasteiger partial charge in [0.15, 0.2) is 17.2 Å². The molecule has 1 aromatic heterocycles. The van der Waals surface area contributed by atoms with Gasteiger partial charge in [-0.2, -0.15) is 5.23 Å². The first-order valence-electron chi connectivity index (χ1n) is 9.36. The molecule has 31 heavy (non-hydrogen) atoms. The smallest absolute Gasteiger partial charge is 0.235 e. The number of hydrogen-bond donors (Lipinski definition) is 2. The minimum Gasteiger partial charge on any atom is -0.595 e. The van der Waals surface area contributed by atoms with Gasteiger partial charge in [-0.3, -0.25) is 4.79 Å². The average molecular weight is 421 g/mol. The molecule has 2 N–H and O–H groups in total. The monoisotopic (exact) mass is 421 g/mol. The minimum atomic E-state index is -0.980. The zero-order chi connectivity index (χ0) is 21.8. The van der Waals surface area contributed by atoms with E-state index in [-0.39, 0.29) is 23.5 Å². The molecule has 158 valence electrons. The van der Waals surface area contributed by atoms with Gasteiger partial charge in [0, 0.05) is 18.2 Å². The Balaban J connectivity index is 1.52. The highest BCUT2D eigenvalue weighted by Gasteiger charge is 2.12. The van der Waals surface area contributed by atoms with E-state index in [1.807, 2.05) is 0 Å². The van der Waals surface area contributed by atoms with Crippen LogP contribution in [0.1, 0.15) is 5.56 Å². The van der Waals surface area contributed by atoms with Crippen molar-refractivity contribution in [3.8, 4) is 23.0 Å². The molecule has 0 aliphatic rings. The number of methoxy groups -OCH3 is 1. The highest BCUT2D eigenvalue weighted by molar-refractivity contribution is 5.79. The van der Waals surface area contributed by atoms with Gasteiger partial charge in [-0.15, -0.1) is 0 Å². The summed E-state index contributed by atoms with van der Waals surface area (Å²) in [4.78, 5) is 12.8. The standard InChI is InChI=1S/C23H19NO7/c1-28-19-4-2-3-5-20(19)31-22-14-30-21-12-17(10-11-18(21)23(22)25)29-13-15-6-8-16(9-7-15)24(26)27/h2-12,14,24,26H,13H2,1H3.